The molecule has 1 rings (SSSR count). The summed E-state index contributed by atoms with van der Waals surface area (Å²) in [7, 11) is 0. The first-order valence-electron chi connectivity index (χ1n) is 4.40. The molecule has 1 aromatic heterocycles. The number of carbonyl (C=O) groups is 1. The van der Waals surface area contributed by atoms with E-state index in [1.165, 1.54) is 12.3 Å². The fourth-order valence-corrected chi connectivity index (χ4v) is 0.913. The summed E-state index contributed by atoms with van der Waals surface area (Å²) in [5.74, 6) is -0.440. The molecule has 0 radical (unpaired) electrons. The Labute approximate surface area is 82.5 Å². The summed E-state index contributed by atoms with van der Waals surface area (Å²) in [6.07, 6.45) is 1.30. The highest BCUT2D eigenvalue weighted by Gasteiger charge is 2.09. The molecule has 14 heavy (non-hydrogen) atoms. The molecular formula is C10H13NO3. The largest absolute Gasteiger partial charge is 0.458 e. The molecule has 1 aromatic rings. The molecular weight excluding hydrogens is 182 g/mol. The zero-order valence-electron chi connectivity index (χ0n) is 8.23. The Kier molecular flexibility index (Phi) is 3.59. The summed E-state index contributed by atoms with van der Waals surface area (Å²) in [5, 5.41) is 8.76. The maximum atomic E-state index is 11.3. The van der Waals surface area contributed by atoms with Crippen LogP contribution in [0.1, 0.15) is 29.9 Å². The lowest BCUT2D eigenvalue weighted by Crippen LogP contribution is -2.13. The number of esters is 1. The lowest BCUT2D eigenvalue weighted by atomic mass is 10.2. The fourth-order valence-electron chi connectivity index (χ4n) is 0.913. The first-order chi connectivity index (χ1) is 6.63. The van der Waals surface area contributed by atoms with Crippen LogP contribution >= 0.6 is 0 Å². The van der Waals surface area contributed by atoms with Crippen LogP contribution in [0, 0.1) is 0 Å². The molecule has 4 heteroatoms. The minimum absolute atomic E-state index is 0.0769. The molecule has 0 fully saturated rings. The Morgan fingerprint density at radius 2 is 2.29 bits per heavy atom. The molecule has 0 saturated heterocycles. The van der Waals surface area contributed by atoms with Crippen LogP contribution in [0.25, 0.3) is 0 Å². The fraction of sp³-hybridized carbons (Fsp3) is 0.400. The third-order valence-corrected chi connectivity index (χ3v) is 1.56. The quantitative estimate of drug-likeness (QED) is 0.735. The van der Waals surface area contributed by atoms with Crippen LogP contribution in [0.4, 0.5) is 0 Å². The molecule has 0 atom stereocenters. The van der Waals surface area contributed by atoms with Gasteiger partial charge in [-0.1, -0.05) is 6.07 Å². The summed E-state index contributed by atoms with van der Waals surface area (Å²) in [6.45, 7) is 3.48. The monoisotopic (exact) mass is 195 g/mol. The number of nitrogens with zero attached hydrogens (tertiary/aromatic N) is 1. The molecule has 1 N–H and O–H groups in total. The minimum atomic E-state index is -0.440. The van der Waals surface area contributed by atoms with Gasteiger partial charge in [0.15, 0.2) is 0 Å². The zero-order chi connectivity index (χ0) is 10.6. The van der Waals surface area contributed by atoms with E-state index in [2.05, 4.69) is 4.98 Å². The van der Waals surface area contributed by atoms with Gasteiger partial charge in [-0.25, -0.2) is 9.78 Å². The Balaban J connectivity index is 2.71. The molecule has 0 unspecified atom stereocenters. The van der Waals surface area contributed by atoms with Gasteiger partial charge in [-0.2, -0.15) is 0 Å². The van der Waals surface area contributed by atoms with Crippen molar-refractivity contribution in [3.8, 4) is 0 Å². The standard InChI is InChI=1S/C10H13NO3/c1-7(2)14-10(13)9-4-3-8(6-12)5-11-9/h3-5,7,12H,6H2,1-2H3. The second-order valence-corrected chi connectivity index (χ2v) is 3.16. The van der Waals surface area contributed by atoms with Gasteiger partial charge in [-0.3, -0.25) is 0 Å². The van der Waals surface area contributed by atoms with Gasteiger partial charge in [0.1, 0.15) is 5.69 Å². The molecule has 0 bridgehead atoms. The van der Waals surface area contributed by atoms with Gasteiger partial charge in [0, 0.05) is 6.20 Å². The molecule has 0 aliphatic rings. The van der Waals surface area contributed by atoms with Crippen LogP contribution in [-0.4, -0.2) is 22.2 Å². The van der Waals surface area contributed by atoms with Crippen molar-refractivity contribution in [1.29, 1.82) is 0 Å². The summed E-state index contributed by atoms with van der Waals surface area (Å²) in [6, 6.07) is 3.18. The zero-order valence-corrected chi connectivity index (χ0v) is 8.23. The average Bonchev–Trinajstić information content (AvgIpc) is 2.17. The average molecular weight is 195 g/mol. The van der Waals surface area contributed by atoms with Gasteiger partial charge in [0.2, 0.25) is 0 Å². The summed E-state index contributed by atoms with van der Waals surface area (Å²) in [4.78, 5) is 15.2. The first-order valence-corrected chi connectivity index (χ1v) is 4.40. The molecule has 76 valence electrons. The SMILES string of the molecule is CC(C)OC(=O)c1ccc(CO)cn1. The molecule has 4 nitrogen and oxygen atoms in total. The Bertz CT molecular complexity index is 306. The van der Waals surface area contributed by atoms with E-state index in [1.54, 1.807) is 19.9 Å². The van der Waals surface area contributed by atoms with Crippen molar-refractivity contribution < 1.29 is 14.6 Å². The highest BCUT2D eigenvalue weighted by atomic mass is 16.5. The summed E-state index contributed by atoms with van der Waals surface area (Å²) < 4.78 is 4.95. The topological polar surface area (TPSA) is 59.4 Å². The van der Waals surface area contributed by atoms with Gasteiger partial charge >= 0.3 is 5.97 Å². The van der Waals surface area contributed by atoms with Gasteiger partial charge in [0.25, 0.3) is 0 Å². The van der Waals surface area contributed by atoms with Gasteiger partial charge in [0.05, 0.1) is 12.7 Å². The van der Waals surface area contributed by atoms with Crippen LogP contribution < -0.4 is 0 Å². The van der Waals surface area contributed by atoms with Crippen molar-refractivity contribution in [3.05, 3.63) is 29.6 Å². The lowest BCUT2D eigenvalue weighted by Gasteiger charge is -2.06. The number of aliphatic hydroxyl groups is 1. The Morgan fingerprint density at radius 1 is 1.57 bits per heavy atom. The number of rotatable bonds is 3. The second-order valence-electron chi connectivity index (χ2n) is 3.16. The molecule has 0 aliphatic heterocycles. The molecule has 0 aromatic carbocycles. The Hall–Kier alpha value is -1.42. The normalized spacial score (nSPS) is 10.3. The van der Waals surface area contributed by atoms with Crippen molar-refractivity contribution in [1.82, 2.24) is 4.98 Å². The molecule has 0 spiro atoms. The predicted octanol–water partition coefficient (Wildman–Crippen LogP) is 1.14. The minimum Gasteiger partial charge on any atom is -0.458 e. The number of pyridine rings is 1. The van der Waals surface area contributed by atoms with E-state index in [-0.39, 0.29) is 18.4 Å². The lowest BCUT2D eigenvalue weighted by molar-refractivity contribution is 0.0370. The molecule has 0 aliphatic carbocycles. The number of carbonyl (C=O) groups excluding carboxylic acids is 1. The van der Waals surface area contributed by atoms with E-state index < -0.39 is 5.97 Å². The van der Waals surface area contributed by atoms with Gasteiger partial charge < -0.3 is 9.84 Å². The number of aromatic nitrogens is 1. The third-order valence-electron chi connectivity index (χ3n) is 1.56. The van der Waals surface area contributed by atoms with E-state index in [9.17, 15) is 4.79 Å². The van der Waals surface area contributed by atoms with Crippen LogP contribution in [0.2, 0.25) is 0 Å². The maximum absolute atomic E-state index is 11.3. The summed E-state index contributed by atoms with van der Waals surface area (Å²) in [5.41, 5.74) is 0.932. The first kappa shape index (κ1) is 10.7. The Morgan fingerprint density at radius 3 is 2.71 bits per heavy atom. The van der Waals surface area contributed by atoms with Crippen molar-refractivity contribution in [2.75, 3.05) is 0 Å². The van der Waals surface area contributed by atoms with Crippen molar-refractivity contribution in [2.24, 2.45) is 0 Å². The van der Waals surface area contributed by atoms with Crippen LogP contribution in [-0.2, 0) is 11.3 Å². The van der Waals surface area contributed by atoms with Crippen molar-refractivity contribution in [2.45, 2.75) is 26.6 Å². The van der Waals surface area contributed by atoms with Crippen molar-refractivity contribution in [3.63, 3.8) is 0 Å². The van der Waals surface area contributed by atoms with E-state index in [0.29, 0.717) is 5.56 Å². The summed E-state index contributed by atoms with van der Waals surface area (Å²) >= 11 is 0. The highest BCUT2D eigenvalue weighted by Crippen LogP contribution is 2.03. The van der Waals surface area contributed by atoms with Gasteiger partial charge in [-0.05, 0) is 25.5 Å². The molecule has 0 saturated carbocycles. The molecule has 1 heterocycles. The third kappa shape index (κ3) is 2.81. The van der Waals surface area contributed by atoms with Crippen LogP contribution in [0.15, 0.2) is 18.3 Å². The number of aliphatic hydroxyl groups excluding tert-OH is 1. The number of hydrogen-bond donors (Lipinski definition) is 1. The molecule has 0 amide bonds. The second kappa shape index (κ2) is 4.72. The van der Waals surface area contributed by atoms with E-state index in [1.807, 2.05) is 0 Å². The predicted molar refractivity (Wildman–Crippen MR) is 50.7 cm³/mol. The van der Waals surface area contributed by atoms with Gasteiger partial charge in [-0.15, -0.1) is 0 Å². The van der Waals surface area contributed by atoms with E-state index in [4.69, 9.17) is 9.84 Å². The van der Waals surface area contributed by atoms with Crippen LogP contribution in [0.5, 0.6) is 0 Å². The maximum Gasteiger partial charge on any atom is 0.357 e. The van der Waals surface area contributed by atoms with Crippen molar-refractivity contribution >= 4 is 5.97 Å². The number of ether oxygens (including phenoxy) is 1. The number of hydrogen-bond acceptors (Lipinski definition) is 4. The smallest absolute Gasteiger partial charge is 0.357 e. The van der Waals surface area contributed by atoms with E-state index in [0.717, 1.165) is 0 Å². The highest BCUT2D eigenvalue weighted by molar-refractivity contribution is 5.87. The van der Waals surface area contributed by atoms with Crippen LogP contribution in [0.3, 0.4) is 0 Å². The van der Waals surface area contributed by atoms with E-state index >= 15 is 0 Å².